The Kier molecular flexibility index (Phi) is 7.03. The zero-order chi connectivity index (χ0) is 23.3. The third kappa shape index (κ3) is 4.68. The number of nitrogens with two attached hydrogens (primary N) is 1. The number of unbranched alkanes of at least 4 members (excludes halogenated alkanes) is 1. The van der Waals surface area contributed by atoms with Gasteiger partial charge in [0.1, 0.15) is 12.1 Å². The SMILES string of the molecule is CCCCN(C(=O)COC(=O)c1ccc2nncn2c1)c1c(N)n(CCC)c(=O)[nH]c1=O. The summed E-state index contributed by atoms with van der Waals surface area (Å²) in [5, 5.41) is 7.59. The van der Waals surface area contributed by atoms with Crippen molar-refractivity contribution in [2.45, 2.75) is 39.7 Å². The summed E-state index contributed by atoms with van der Waals surface area (Å²) in [7, 11) is 0. The lowest BCUT2D eigenvalue weighted by Gasteiger charge is -2.24. The summed E-state index contributed by atoms with van der Waals surface area (Å²) < 4.78 is 7.93. The second-order valence-corrected chi connectivity index (χ2v) is 7.13. The van der Waals surface area contributed by atoms with Gasteiger partial charge in [-0.1, -0.05) is 20.3 Å². The summed E-state index contributed by atoms with van der Waals surface area (Å²) in [6.45, 7) is 3.64. The van der Waals surface area contributed by atoms with Gasteiger partial charge >= 0.3 is 11.7 Å². The molecule has 0 radical (unpaired) electrons. The number of aromatic nitrogens is 5. The largest absolute Gasteiger partial charge is 0.452 e. The van der Waals surface area contributed by atoms with Crippen LogP contribution in [0, 0.1) is 0 Å². The third-order valence-electron chi connectivity index (χ3n) is 4.82. The van der Waals surface area contributed by atoms with Crippen LogP contribution in [0.15, 0.2) is 34.2 Å². The molecular formula is C20H25N7O5. The average molecular weight is 443 g/mol. The lowest BCUT2D eigenvalue weighted by molar-refractivity contribution is -0.121. The van der Waals surface area contributed by atoms with Crippen LogP contribution in [0.2, 0.25) is 0 Å². The quantitative estimate of drug-likeness (QED) is 0.454. The van der Waals surface area contributed by atoms with Gasteiger partial charge < -0.3 is 15.4 Å². The van der Waals surface area contributed by atoms with E-state index in [9.17, 15) is 19.2 Å². The number of H-pyrrole nitrogens is 1. The maximum atomic E-state index is 12.9. The van der Waals surface area contributed by atoms with E-state index in [0.29, 0.717) is 18.5 Å². The Hall–Kier alpha value is -3.96. The van der Waals surface area contributed by atoms with E-state index in [-0.39, 0.29) is 30.2 Å². The Morgan fingerprint density at radius 2 is 2.00 bits per heavy atom. The molecule has 32 heavy (non-hydrogen) atoms. The summed E-state index contributed by atoms with van der Waals surface area (Å²) in [4.78, 5) is 53.4. The fourth-order valence-corrected chi connectivity index (χ4v) is 3.20. The number of amides is 1. The molecule has 0 atom stereocenters. The predicted molar refractivity (Wildman–Crippen MR) is 117 cm³/mol. The second-order valence-electron chi connectivity index (χ2n) is 7.13. The van der Waals surface area contributed by atoms with Crippen LogP contribution in [0.25, 0.3) is 5.65 Å². The molecule has 3 rings (SSSR count). The molecule has 3 heterocycles. The smallest absolute Gasteiger partial charge is 0.340 e. The van der Waals surface area contributed by atoms with Crippen LogP contribution in [-0.2, 0) is 16.1 Å². The molecule has 0 unspecified atom stereocenters. The van der Waals surface area contributed by atoms with Crippen molar-refractivity contribution in [1.82, 2.24) is 24.1 Å². The van der Waals surface area contributed by atoms with E-state index in [1.165, 1.54) is 28.1 Å². The minimum Gasteiger partial charge on any atom is -0.452 e. The molecule has 3 N–H and O–H groups in total. The molecule has 0 spiro atoms. The number of nitrogen functional groups attached to an aromatic ring is 1. The van der Waals surface area contributed by atoms with Gasteiger partial charge in [0.05, 0.1) is 5.56 Å². The van der Waals surface area contributed by atoms with Crippen LogP contribution >= 0.6 is 0 Å². The van der Waals surface area contributed by atoms with Gasteiger partial charge in [0.15, 0.2) is 17.9 Å². The Morgan fingerprint density at radius 1 is 1.22 bits per heavy atom. The number of hydrogen-bond donors (Lipinski definition) is 2. The predicted octanol–water partition coefficient (Wildman–Crippen LogP) is 0.562. The number of aromatic amines is 1. The number of carbonyl (C=O) groups is 2. The van der Waals surface area contributed by atoms with Crippen molar-refractivity contribution in [2.75, 3.05) is 23.8 Å². The number of nitrogens with zero attached hydrogens (tertiary/aromatic N) is 5. The molecule has 3 aromatic heterocycles. The van der Waals surface area contributed by atoms with Crippen LogP contribution in [0.3, 0.4) is 0 Å². The van der Waals surface area contributed by atoms with E-state index in [4.69, 9.17) is 10.5 Å². The maximum Gasteiger partial charge on any atom is 0.340 e. The van der Waals surface area contributed by atoms with Crippen molar-refractivity contribution < 1.29 is 14.3 Å². The topological polar surface area (TPSA) is 158 Å². The molecule has 12 heteroatoms. The highest BCUT2D eigenvalue weighted by Crippen LogP contribution is 2.18. The molecule has 0 aliphatic carbocycles. The van der Waals surface area contributed by atoms with Crippen molar-refractivity contribution in [3.63, 3.8) is 0 Å². The molecule has 0 aliphatic rings. The van der Waals surface area contributed by atoms with E-state index >= 15 is 0 Å². The van der Waals surface area contributed by atoms with Gasteiger partial charge in [-0.2, -0.15) is 0 Å². The van der Waals surface area contributed by atoms with Gasteiger partial charge in [-0.3, -0.25) is 23.5 Å². The maximum absolute atomic E-state index is 12.9. The highest BCUT2D eigenvalue weighted by molar-refractivity contribution is 5.98. The Labute approximate surface area is 182 Å². The Bertz CT molecular complexity index is 1240. The number of fused-ring (bicyclic) bond motifs is 1. The van der Waals surface area contributed by atoms with Crippen LogP contribution in [0.1, 0.15) is 43.5 Å². The summed E-state index contributed by atoms with van der Waals surface area (Å²) in [5.41, 5.74) is 5.32. The number of pyridine rings is 1. The normalized spacial score (nSPS) is 10.9. The first-order valence-corrected chi connectivity index (χ1v) is 10.3. The molecule has 170 valence electrons. The van der Waals surface area contributed by atoms with E-state index < -0.39 is 29.7 Å². The van der Waals surface area contributed by atoms with E-state index in [1.807, 2.05) is 13.8 Å². The number of anilines is 2. The zero-order valence-corrected chi connectivity index (χ0v) is 17.9. The van der Waals surface area contributed by atoms with Crippen LogP contribution in [0.4, 0.5) is 11.5 Å². The van der Waals surface area contributed by atoms with E-state index in [2.05, 4.69) is 15.2 Å². The molecule has 0 fully saturated rings. The highest BCUT2D eigenvalue weighted by Gasteiger charge is 2.25. The number of carbonyl (C=O) groups excluding carboxylic acids is 2. The molecule has 1 amide bonds. The van der Waals surface area contributed by atoms with Crippen molar-refractivity contribution in [1.29, 1.82) is 0 Å². The number of esters is 1. The van der Waals surface area contributed by atoms with Gasteiger partial charge in [0.25, 0.3) is 11.5 Å². The lowest BCUT2D eigenvalue weighted by atomic mass is 10.2. The van der Waals surface area contributed by atoms with Gasteiger partial charge in [-0.05, 0) is 25.0 Å². The molecule has 0 aliphatic heterocycles. The number of rotatable bonds is 9. The number of ether oxygens (including phenoxy) is 1. The van der Waals surface area contributed by atoms with Crippen molar-refractivity contribution in [2.24, 2.45) is 0 Å². The van der Waals surface area contributed by atoms with Crippen LogP contribution < -0.4 is 21.9 Å². The monoisotopic (exact) mass is 443 g/mol. The van der Waals surface area contributed by atoms with Gasteiger partial charge in [-0.15, -0.1) is 10.2 Å². The summed E-state index contributed by atoms with van der Waals surface area (Å²) in [5.74, 6) is -1.45. The average Bonchev–Trinajstić information content (AvgIpc) is 3.24. The summed E-state index contributed by atoms with van der Waals surface area (Å²) in [6.07, 6.45) is 4.85. The molecule has 0 bridgehead atoms. The van der Waals surface area contributed by atoms with Crippen LogP contribution in [-0.4, -0.2) is 49.2 Å². The molecule has 0 aromatic carbocycles. The van der Waals surface area contributed by atoms with Crippen LogP contribution in [0.5, 0.6) is 0 Å². The second kappa shape index (κ2) is 9.90. The van der Waals surface area contributed by atoms with Crippen molar-refractivity contribution >= 4 is 29.0 Å². The molecule has 0 saturated heterocycles. The number of hydrogen-bond acceptors (Lipinski definition) is 8. The Morgan fingerprint density at radius 3 is 2.72 bits per heavy atom. The minimum absolute atomic E-state index is 0.102. The lowest BCUT2D eigenvalue weighted by Crippen LogP contribution is -2.43. The van der Waals surface area contributed by atoms with Gasteiger partial charge in [0, 0.05) is 19.3 Å². The number of nitrogens with one attached hydrogen (secondary N) is 1. The minimum atomic E-state index is -0.770. The summed E-state index contributed by atoms with van der Waals surface area (Å²) in [6, 6.07) is 3.10. The first-order valence-electron chi connectivity index (χ1n) is 10.3. The van der Waals surface area contributed by atoms with E-state index in [0.717, 1.165) is 6.42 Å². The first-order chi connectivity index (χ1) is 15.4. The van der Waals surface area contributed by atoms with E-state index in [1.54, 1.807) is 10.5 Å². The highest BCUT2D eigenvalue weighted by atomic mass is 16.5. The molecule has 0 saturated carbocycles. The Balaban J connectivity index is 1.83. The molecule has 3 aromatic rings. The standard InChI is InChI=1S/C20H25N7O5/c1-3-5-9-26(16-17(21)27(8-4-2)20(31)23-18(16)29)15(28)11-32-19(30)13-6-7-14-24-22-12-25(14)10-13/h6-7,10,12H,3-5,8-9,11,21H2,1-2H3,(H,23,29,31). The zero-order valence-electron chi connectivity index (χ0n) is 17.9. The van der Waals surface area contributed by atoms with Crippen molar-refractivity contribution in [3.05, 3.63) is 51.1 Å². The van der Waals surface area contributed by atoms with Gasteiger partial charge in [0.2, 0.25) is 0 Å². The molecule has 12 nitrogen and oxygen atoms in total. The first kappa shape index (κ1) is 22.7. The fraction of sp³-hybridized carbons (Fsp3) is 0.400. The fourth-order valence-electron chi connectivity index (χ4n) is 3.20. The summed E-state index contributed by atoms with van der Waals surface area (Å²) >= 11 is 0. The third-order valence-corrected chi connectivity index (χ3v) is 4.82. The molecular weight excluding hydrogens is 418 g/mol. The van der Waals surface area contributed by atoms with Gasteiger partial charge in [-0.25, -0.2) is 9.59 Å². The van der Waals surface area contributed by atoms with Crippen molar-refractivity contribution in [3.8, 4) is 0 Å².